The summed E-state index contributed by atoms with van der Waals surface area (Å²) in [4.78, 5) is 22.6. The molecule has 3 aromatic rings. The molecule has 1 aliphatic rings. The number of thiophene rings is 1. The highest BCUT2D eigenvalue weighted by Gasteiger charge is 2.21. The summed E-state index contributed by atoms with van der Waals surface area (Å²) in [5, 5.41) is 9.89. The minimum Gasteiger partial charge on any atom is -0.339 e. The predicted octanol–water partition coefficient (Wildman–Crippen LogP) is 2.89. The lowest BCUT2D eigenvalue weighted by molar-refractivity contribution is -0.130. The number of piperazine rings is 1. The van der Waals surface area contributed by atoms with Crippen LogP contribution in [0.1, 0.15) is 16.3 Å². The van der Waals surface area contributed by atoms with Crippen LogP contribution in [0.15, 0.2) is 53.0 Å². The first-order valence-electron chi connectivity index (χ1n) is 9.37. The molecular formula is C20H23N5OS2. The van der Waals surface area contributed by atoms with Crippen LogP contribution in [-0.2, 0) is 17.8 Å². The molecule has 0 spiro atoms. The zero-order chi connectivity index (χ0) is 19.2. The van der Waals surface area contributed by atoms with E-state index in [1.54, 1.807) is 11.3 Å². The zero-order valence-corrected chi connectivity index (χ0v) is 17.2. The van der Waals surface area contributed by atoms with Crippen LogP contribution in [0.2, 0.25) is 0 Å². The SMILES string of the molecule is O=C(CSc1n[nH]c(Cc2cccs2)n1)N1CCN(Cc2ccccc2)CC1. The largest absolute Gasteiger partial charge is 0.339 e. The van der Waals surface area contributed by atoms with E-state index in [2.05, 4.69) is 55.8 Å². The van der Waals surface area contributed by atoms with Gasteiger partial charge in [-0.05, 0) is 17.0 Å². The van der Waals surface area contributed by atoms with Crippen molar-refractivity contribution in [1.82, 2.24) is 25.0 Å². The van der Waals surface area contributed by atoms with Gasteiger partial charge in [0.1, 0.15) is 5.82 Å². The summed E-state index contributed by atoms with van der Waals surface area (Å²) in [5.74, 6) is 1.38. The van der Waals surface area contributed by atoms with Crippen molar-refractivity contribution in [3.8, 4) is 0 Å². The van der Waals surface area contributed by atoms with Gasteiger partial charge in [0.25, 0.3) is 0 Å². The van der Waals surface area contributed by atoms with Crippen LogP contribution in [0, 0.1) is 0 Å². The van der Waals surface area contributed by atoms with Gasteiger partial charge >= 0.3 is 0 Å². The van der Waals surface area contributed by atoms with Gasteiger partial charge < -0.3 is 4.90 Å². The van der Waals surface area contributed by atoms with Crippen molar-refractivity contribution in [3.63, 3.8) is 0 Å². The van der Waals surface area contributed by atoms with Crippen LogP contribution in [0.25, 0.3) is 0 Å². The Kier molecular flexibility index (Phi) is 6.41. The number of rotatable bonds is 7. The first kappa shape index (κ1) is 19.2. The normalized spacial score (nSPS) is 15.1. The summed E-state index contributed by atoms with van der Waals surface area (Å²) < 4.78 is 0. The molecule has 0 atom stereocenters. The molecule has 0 bridgehead atoms. The molecule has 0 radical (unpaired) electrons. The van der Waals surface area contributed by atoms with E-state index in [-0.39, 0.29) is 5.91 Å². The van der Waals surface area contributed by atoms with Crippen molar-refractivity contribution < 1.29 is 4.79 Å². The van der Waals surface area contributed by atoms with E-state index in [1.165, 1.54) is 22.2 Å². The zero-order valence-electron chi connectivity index (χ0n) is 15.6. The van der Waals surface area contributed by atoms with Gasteiger partial charge in [0.2, 0.25) is 11.1 Å². The number of carbonyl (C=O) groups is 1. The van der Waals surface area contributed by atoms with Gasteiger partial charge in [-0.25, -0.2) is 4.98 Å². The maximum atomic E-state index is 12.5. The van der Waals surface area contributed by atoms with E-state index >= 15 is 0 Å². The lowest BCUT2D eigenvalue weighted by Gasteiger charge is -2.34. The van der Waals surface area contributed by atoms with Gasteiger partial charge in [-0.2, -0.15) is 0 Å². The molecule has 0 aliphatic carbocycles. The van der Waals surface area contributed by atoms with Crippen molar-refractivity contribution in [2.75, 3.05) is 31.9 Å². The average Bonchev–Trinajstić information content (AvgIpc) is 3.40. The predicted molar refractivity (Wildman–Crippen MR) is 113 cm³/mol. The second-order valence-corrected chi connectivity index (χ2v) is 8.73. The minimum atomic E-state index is 0.161. The minimum absolute atomic E-state index is 0.161. The summed E-state index contributed by atoms with van der Waals surface area (Å²) in [6, 6.07) is 14.6. The molecular weight excluding hydrogens is 390 g/mol. The van der Waals surface area contributed by atoms with E-state index in [0.29, 0.717) is 10.9 Å². The van der Waals surface area contributed by atoms with Gasteiger partial charge in [0.15, 0.2) is 0 Å². The maximum absolute atomic E-state index is 12.5. The molecule has 1 aliphatic heterocycles. The number of hydrogen-bond acceptors (Lipinski definition) is 6. The molecule has 0 saturated carbocycles. The number of thioether (sulfide) groups is 1. The molecule has 6 nitrogen and oxygen atoms in total. The quantitative estimate of drug-likeness (QED) is 0.604. The molecule has 1 N–H and O–H groups in total. The summed E-state index contributed by atoms with van der Waals surface area (Å²) >= 11 is 3.11. The number of amides is 1. The van der Waals surface area contributed by atoms with Crippen LogP contribution in [0.4, 0.5) is 0 Å². The molecule has 1 amide bonds. The number of nitrogens with zero attached hydrogens (tertiary/aromatic N) is 4. The number of nitrogens with one attached hydrogen (secondary N) is 1. The van der Waals surface area contributed by atoms with Gasteiger partial charge in [0.05, 0.1) is 5.75 Å². The third-order valence-corrected chi connectivity index (χ3v) is 6.44. The lowest BCUT2D eigenvalue weighted by atomic mass is 10.2. The molecule has 2 aromatic heterocycles. The van der Waals surface area contributed by atoms with Crippen LogP contribution in [0.5, 0.6) is 0 Å². The average molecular weight is 414 g/mol. The number of benzene rings is 1. The molecule has 1 aromatic carbocycles. The van der Waals surface area contributed by atoms with Crippen molar-refractivity contribution in [2.24, 2.45) is 0 Å². The Balaban J connectivity index is 1.20. The van der Waals surface area contributed by atoms with Crippen molar-refractivity contribution in [1.29, 1.82) is 0 Å². The maximum Gasteiger partial charge on any atom is 0.233 e. The second kappa shape index (κ2) is 9.36. The third-order valence-electron chi connectivity index (χ3n) is 4.73. The van der Waals surface area contributed by atoms with Gasteiger partial charge in [-0.15, -0.1) is 16.4 Å². The van der Waals surface area contributed by atoms with Crippen LogP contribution in [0.3, 0.4) is 0 Å². The molecule has 3 heterocycles. The summed E-state index contributed by atoms with van der Waals surface area (Å²) in [7, 11) is 0. The molecule has 0 unspecified atom stereocenters. The molecule has 146 valence electrons. The monoisotopic (exact) mass is 413 g/mol. The fourth-order valence-electron chi connectivity index (χ4n) is 3.21. The van der Waals surface area contributed by atoms with E-state index in [9.17, 15) is 4.79 Å². The Morgan fingerprint density at radius 2 is 1.93 bits per heavy atom. The topological polar surface area (TPSA) is 65.1 Å². The van der Waals surface area contributed by atoms with Gasteiger partial charge in [0, 0.05) is 44.0 Å². The molecule has 4 rings (SSSR count). The van der Waals surface area contributed by atoms with Crippen molar-refractivity contribution in [2.45, 2.75) is 18.1 Å². The highest BCUT2D eigenvalue weighted by atomic mass is 32.2. The molecule has 28 heavy (non-hydrogen) atoms. The number of hydrogen-bond donors (Lipinski definition) is 1. The highest BCUT2D eigenvalue weighted by Crippen LogP contribution is 2.17. The van der Waals surface area contributed by atoms with Crippen molar-refractivity contribution >= 4 is 29.0 Å². The molecule has 8 heteroatoms. The summed E-state index contributed by atoms with van der Waals surface area (Å²) in [6.45, 7) is 4.34. The standard InChI is InChI=1S/C20H23N5OS2/c26-19(15-28-20-21-18(22-23-20)13-17-7-4-12-27-17)25-10-8-24(9-11-25)14-16-5-2-1-3-6-16/h1-7,12H,8-11,13-15H2,(H,21,22,23). The fraction of sp³-hybridized carbons (Fsp3) is 0.350. The second-order valence-electron chi connectivity index (χ2n) is 6.75. The van der Waals surface area contributed by atoms with E-state index in [1.807, 2.05) is 17.0 Å². The smallest absolute Gasteiger partial charge is 0.233 e. The van der Waals surface area contributed by atoms with E-state index < -0.39 is 0 Å². The fourth-order valence-corrected chi connectivity index (χ4v) is 4.64. The Labute approximate surface area is 173 Å². The first-order chi connectivity index (χ1) is 13.8. The van der Waals surface area contributed by atoms with Gasteiger partial charge in [-0.3, -0.25) is 14.8 Å². The van der Waals surface area contributed by atoms with Gasteiger partial charge in [-0.1, -0.05) is 48.2 Å². The number of H-pyrrole nitrogens is 1. The first-order valence-corrected chi connectivity index (χ1v) is 11.2. The highest BCUT2D eigenvalue weighted by molar-refractivity contribution is 7.99. The Morgan fingerprint density at radius 3 is 2.68 bits per heavy atom. The van der Waals surface area contributed by atoms with Crippen molar-refractivity contribution in [3.05, 3.63) is 64.1 Å². The van der Waals surface area contributed by atoms with Crippen LogP contribution in [-0.4, -0.2) is 62.8 Å². The lowest BCUT2D eigenvalue weighted by Crippen LogP contribution is -2.48. The van der Waals surface area contributed by atoms with Crippen LogP contribution >= 0.6 is 23.1 Å². The Hall–Kier alpha value is -2.16. The summed E-state index contributed by atoms with van der Waals surface area (Å²) in [6.07, 6.45) is 0.753. The number of carbonyl (C=O) groups excluding carboxylic acids is 1. The van der Waals surface area contributed by atoms with E-state index in [4.69, 9.17) is 0 Å². The van der Waals surface area contributed by atoms with E-state index in [0.717, 1.165) is 45.0 Å². The Bertz CT molecular complexity index is 873. The number of aromatic amines is 1. The molecule has 1 fully saturated rings. The van der Waals surface area contributed by atoms with Crippen LogP contribution < -0.4 is 0 Å². The molecule has 1 saturated heterocycles. The summed E-state index contributed by atoms with van der Waals surface area (Å²) in [5.41, 5.74) is 1.32. The number of aromatic nitrogens is 3. The Morgan fingerprint density at radius 1 is 1.11 bits per heavy atom. The third kappa shape index (κ3) is 5.21.